The van der Waals surface area contributed by atoms with Crippen LogP contribution in [-0.2, 0) is 11.3 Å². The molecule has 0 aliphatic carbocycles. The lowest BCUT2D eigenvalue weighted by Gasteiger charge is -2.04. The second kappa shape index (κ2) is 7.37. The summed E-state index contributed by atoms with van der Waals surface area (Å²) in [5.41, 5.74) is 1.74. The van der Waals surface area contributed by atoms with Crippen LogP contribution in [0.1, 0.15) is 25.9 Å². The van der Waals surface area contributed by atoms with Crippen LogP contribution in [0.15, 0.2) is 23.4 Å². The smallest absolute Gasteiger partial charge is 0.345 e. The number of aryl methyl sites for hydroxylation is 2. The molecule has 22 heavy (non-hydrogen) atoms. The minimum atomic E-state index is -0.954. The second-order valence-electron chi connectivity index (χ2n) is 4.57. The number of amides is 1. The third kappa shape index (κ3) is 4.81. The zero-order valence-corrected chi connectivity index (χ0v) is 13.8. The number of carboxylic acid groups (broad SMARTS) is 1. The molecule has 0 spiro atoms. The van der Waals surface area contributed by atoms with E-state index in [9.17, 15) is 9.59 Å². The van der Waals surface area contributed by atoms with Gasteiger partial charge in [0.2, 0.25) is 5.91 Å². The summed E-state index contributed by atoms with van der Waals surface area (Å²) in [7, 11) is 0. The first-order chi connectivity index (χ1) is 10.4. The van der Waals surface area contributed by atoms with Crippen LogP contribution in [0, 0.1) is 13.8 Å². The van der Waals surface area contributed by atoms with Crippen molar-refractivity contribution in [1.29, 1.82) is 0 Å². The Morgan fingerprint density at radius 2 is 1.95 bits per heavy atom. The van der Waals surface area contributed by atoms with Gasteiger partial charge in [-0.2, -0.15) is 0 Å². The average Bonchev–Trinajstić information content (AvgIpc) is 2.91. The van der Waals surface area contributed by atoms with Crippen LogP contribution >= 0.6 is 23.1 Å². The van der Waals surface area contributed by atoms with Crippen LogP contribution in [-0.4, -0.2) is 32.7 Å². The standard InChI is InChI=1S/C14H15N3O3S2/c1-8-5-9(2)17-14(16-8)21-7-12(18)15-6-10-3-4-11(22-10)13(19)20/h3-5H,6-7H2,1-2H3,(H,15,18)(H,19,20). The summed E-state index contributed by atoms with van der Waals surface area (Å²) in [6.07, 6.45) is 0. The highest BCUT2D eigenvalue weighted by Gasteiger charge is 2.09. The Bertz CT molecular complexity index is 680. The molecule has 0 saturated heterocycles. The van der Waals surface area contributed by atoms with Gasteiger partial charge >= 0.3 is 5.97 Å². The number of aromatic nitrogens is 2. The van der Waals surface area contributed by atoms with Crippen molar-refractivity contribution in [1.82, 2.24) is 15.3 Å². The Labute approximate surface area is 136 Å². The summed E-state index contributed by atoms with van der Waals surface area (Å²) >= 11 is 2.43. The number of thiophene rings is 1. The number of carbonyl (C=O) groups excluding carboxylic acids is 1. The van der Waals surface area contributed by atoms with E-state index < -0.39 is 5.97 Å². The molecule has 2 aromatic heterocycles. The number of hydrogen-bond donors (Lipinski definition) is 2. The lowest BCUT2D eigenvalue weighted by Crippen LogP contribution is -2.24. The summed E-state index contributed by atoms with van der Waals surface area (Å²) < 4.78 is 0. The molecular formula is C14H15N3O3S2. The number of hydrogen-bond acceptors (Lipinski definition) is 6. The number of thioether (sulfide) groups is 1. The minimum Gasteiger partial charge on any atom is -0.477 e. The van der Waals surface area contributed by atoms with Gasteiger partial charge in [0.05, 0.1) is 12.3 Å². The van der Waals surface area contributed by atoms with E-state index in [4.69, 9.17) is 5.11 Å². The molecule has 6 nitrogen and oxygen atoms in total. The highest BCUT2D eigenvalue weighted by atomic mass is 32.2. The first-order valence-corrected chi connectivity index (χ1v) is 8.28. The maximum Gasteiger partial charge on any atom is 0.345 e. The molecule has 8 heteroatoms. The van der Waals surface area contributed by atoms with Gasteiger partial charge in [-0.25, -0.2) is 14.8 Å². The van der Waals surface area contributed by atoms with Crippen LogP contribution in [0.5, 0.6) is 0 Å². The predicted octanol–water partition coefficient (Wildman–Crippen LogP) is 2.26. The number of nitrogens with one attached hydrogen (secondary N) is 1. The van der Waals surface area contributed by atoms with E-state index in [2.05, 4.69) is 15.3 Å². The zero-order valence-electron chi connectivity index (χ0n) is 12.1. The molecule has 0 unspecified atom stereocenters. The fraction of sp³-hybridized carbons (Fsp3) is 0.286. The zero-order chi connectivity index (χ0) is 16.1. The Kier molecular flexibility index (Phi) is 5.51. The van der Waals surface area contributed by atoms with E-state index in [1.165, 1.54) is 17.8 Å². The molecule has 116 valence electrons. The van der Waals surface area contributed by atoms with Crippen molar-refractivity contribution in [3.8, 4) is 0 Å². The molecule has 0 aliphatic rings. The van der Waals surface area contributed by atoms with Gasteiger partial charge < -0.3 is 10.4 Å². The number of nitrogens with zero attached hydrogens (tertiary/aromatic N) is 2. The van der Waals surface area contributed by atoms with E-state index in [1.807, 2.05) is 19.9 Å². The molecule has 0 fully saturated rings. The van der Waals surface area contributed by atoms with Crippen molar-refractivity contribution in [3.63, 3.8) is 0 Å². The SMILES string of the molecule is Cc1cc(C)nc(SCC(=O)NCc2ccc(C(=O)O)s2)n1. The monoisotopic (exact) mass is 337 g/mol. The first kappa shape index (κ1) is 16.4. The topological polar surface area (TPSA) is 92.2 Å². The van der Waals surface area contributed by atoms with Crippen molar-refractivity contribution in [2.24, 2.45) is 0 Å². The fourth-order valence-electron chi connectivity index (χ4n) is 1.71. The van der Waals surface area contributed by atoms with E-state index in [1.54, 1.807) is 6.07 Å². The van der Waals surface area contributed by atoms with E-state index >= 15 is 0 Å². The Hall–Kier alpha value is -1.93. The van der Waals surface area contributed by atoms with Crippen LogP contribution in [0.3, 0.4) is 0 Å². The molecule has 2 rings (SSSR count). The molecule has 0 aliphatic heterocycles. The van der Waals surface area contributed by atoms with E-state index in [0.29, 0.717) is 11.7 Å². The van der Waals surface area contributed by atoms with Gasteiger partial charge in [-0.1, -0.05) is 11.8 Å². The Balaban J connectivity index is 1.81. The number of carbonyl (C=O) groups is 2. The van der Waals surface area contributed by atoms with Crippen LogP contribution in [0.4, 0.5) is 0 Å². The lowest BCUT2D eigenvalue weighted by molar-refractivity contribution is -0.118. The van der Waals surface area contributed by atoms with Gasteiger partial charge in [-0.05, 0) is 32.0 Å². The molecule has 0 aromatic carbocycles. The van der Waals surface area contributed by atoms with E-state index in [-0.39, 0.29) is 16.5 Å². The summed E-state index contributed by atoms with van der Waals surface area (Å²) in [5, 5.41) is 12.2. The van der Waals surface area contributed by atoms with Gasteiger partial charge in [0.25, 0.3) is 0 Å². The molecule has 2 aromatic rings. The predicted molar refractivity (Wildman–Crippen MR) is 85.4 cm³/mol. The largest absolute Gasteiger partial charge is 0.477 e. The summed E-state index contributed by atoms with van der Waals surface area (Å²) in [6.45, 7) is 4.09. The highest BCUT2D eigenvalue weighted by molar-refractivity contribution is 7.99. The van der Waals surface area contributed by atoms with Crippen molar-refractivity contribution < 1.29 is 14.7 Å². The minimum absolute atomic E-state index is 0.141. The second-order valence-corrected chi connectivity index (χ2v) is 6.68. The van der Waals surface area contributed by atoms with Gasteiger partial charge in [-0.3, -0.25) is 4.79 Å². The number of rotatable bonds is 6. The van der Waals surface area contributed by atoms with Gasteiger partial charge in [0.1, 0.15) is 4.88 Å². The Morgan fingerprint density at radius 3 is 2.55 bits per heavy atom. The van der Waals surface area contributed by atoms with Crippen LogP contribution < -0.4 is 5.32 Å². The molecule has 0 saturated carbocycles. The van der Waals surface area contributed by atoms with Crippen LogP contribution in [0.2, 0.25) is 0 Å². The fourth-order valence-corrected chi connectivity index (χ4v) is 3.28. The number of aromatic carboxylic acids is 1. The molecular weight excluding hydrogens is 322 g/mol. The Morgan fingerprint density at radius 1 is 1.27 bits per heavy atom. The first-order valence-electron chi connectivity index (χ1n) is 6.48. The van der Waals surface area contributed by atoms with Gasteiger partial charge in [0.15, 0.2) is 5.16 Å². The quantitative estimate of drug-likeness (QED) is 0.620. The summed E-state index contributed by atoms with van der Waals surface area (Å²) in [5.74, 6) is -0.872. The third-order valence-electron chi connectivity index (χ3n) is 2.63. The molecule has 2 heterocycles. The lowest BCUT2D eigenvalue weighted by atomic mass is 10.4. The van der Waals surface area contributed by atoms with Crippen molar-refractivity contribution in [2.75, 3.05) is 5.75 Å². The summed E-state index contributed by atoms with van der Waals surface area (Å²) in [4.78, 5) is 32.2. The van der Waals surface area contributed by atoms with Gasteiger partial charge in [-0.15, -0.1) is 11.3 Å². The molecule has 0 radical (unpaired) electrons. The van der Waals surface area contributed by atoms with Crippen molar-refractivity contribution in [3.05, 3.63) is 39.3 Å². The maximum atomic E-state index is 11.8. The highest BCUT2D eigenvalue weighted by Crippen LogP contribution is 2.17. The summed E-state index contributed by atoms with van der Waals surface area (Å²) in [6, 6.07) is 5.11. The third-order valence-corrected chi connectivity index (χ3v) is 4.55. The van der Waals surface area contributed by atoms with E-state index in [0.717, 1.165) is 27.6 Å². The molecule has 1 amide bonds. The normalized spacial score (nSPS) is 10.5. The van der Waals surface area contributed by atoms with Crippen LogP contribution in [0.25, 0.3) is 0 Å². The molecule has 2 N–H and O–H groups in total. The van der Waals surface area contributed by atoms with Crippen molar-refractivity contribution >= 4 is 35.0 Å². The molecule has 0 bridgehead atoms. The van der Waals surface area contributed by atoms with Crippen molar-refractivity contribution in [2.45, 2.75) is 25.5 Å². The number of carboxylic acids is 1. The average molecular weight is 337 g/mol. The maximum absolute atomic E-state index is 11.8. The molecule has 0 atom stereocenters. The van der Waals surface area contributed by atoms with Gasteiger partial charge in [0, 0.05) is 16.3 Å².